The van der Waals surface area contributed by atoms with Gasteiger partial charge >= 0.3 is 0 Å². The van der Waals surface area contributed by atoms with Gasteiger partial charge in [0, 0.05) is 5.92 Å². The maximum atomic E-state index is 4.06. The molecule has 0 radical (unpaired) electrons. The number of hydrogen-bond donors (Lipinski definition) is 0. The van der Waals surface area contributed by atoms with Crippen molar-refractivity contribution in [2.24, 2.45) is 0 Å². The Morgan fingerprint density at radius 2 is 1.52 bits per heavy atom. The zero-order chi connectivity index (χ0) is 22.4. The fourth-order valence-corrected chi connectivity index (χ4v) is 4.61. The van der Waals surface area contributed by atoms with Gasteiger partial charge in [0.1, 0.15) is 0 Å². The van der Waals surface area contributed by atoms with Crippen LogP contribution in [0.5, 0.6) is 0 Å². The van der Waals surface area contributed by atoms with Crippen LogP contribution in [0.25, 0.3) is 16.7 Å². The quantitative estimate of drug-likeness (QED) is 0.356. The van der Waals surface area contributed by atoms with Gasteiger partial charge in [0.15, 0.2) is 0 Å². The molecule has 0 spiro atoms. The van der Waals surface area contributed by atoms with Gasteiger partial charge in [0.05, 0.1) is 0 Å². The average Bonchev–Trinajstić information content (AvgIpc) is 3.65. The predicted molar refractivity (Wildman–Crippen MR) is 138 cm³/mol. The van der Waals surface area contributed by atoms with E-state index in [2.05, 4.69) is 100 Å². The van der Waals surface area contributed by atoms with E-state index in [9.17, 15) is 0 Å². The van der Waals surface area contributed by atoms with E-state index < -0.39 is 0 Å². The second-order valence-corrected chi connectivity index (χ2v) is 8.31. The first-order valence-electron chi connectivity index (χ1n) is 11.7. The maximum Gasteiger partial charge on any atom is 0.000423 e. The van der Waals surface area contributed by atoms with Crippen LogP contribution in [0.2, 0.25) is 0 Å². The van der Waals surface area contributed by atoms with E-state index >= 15 is 0 Å². The second kappa shape index (κ2) is 10.4. The molecule has 1 atom stereocenters. The summed E-state index contributed by atoms with van der Waals surface area (Å²) >= 11 is 0. The minimum absolute atomic E-state index is 0.316. The summed E-state index contributed by atoms with van der Waals surface area (Å²) in [6.45, 7) is 14.9. The average molecular weight is 409 g/mol. The highest BCUT2D eigenvalue weighted by molar-refractivity contribution is 5.76. The van der Waals surface area contributed by atoms with E-state index in [1.165, 1.54) is 57.4 Å². The standard InChI is InChI=1S/C29H30.C2H6/c1-5-23(24-11-7-6-8-12-24)19-21(3)29-20(2)15-18-26(22(29)4)28-14-10-9-13-27(28)25-16-17-25;1-2/h5-15,18-19,21,25H,1,16-17H2,2-4H3;1-2H3/b23-19+;. The summed E-state index contributed by atoms with van der Waals surface area (Å²) in [4.78, 5) is 0. The van der Waals surface area contributed by atoms with E-state index in [0.29, 0.717) is 5.92 Å². The summed E-state index contributed by atoms with van der Waals surface area (Å²) < 4.78 is 0. The minimum Gasteiger partial charge on any atom is -0.0985 e. The third kappa shape index (κ3) is 5.07. The number of hydrogen-bond acceptors (Lipinski definition) is 0. The molecular weight excluding hydrogens is 372 g/mol. The maximum absolute atomic E-state index is 4.06. The van der Waals surface area contributed by atoms with Gasteiger partial charge in [-0.3, -0.25) is 0 Å². The third-order valence-corrected chi connectivity index (χ3v) is 6.21. The number of aryl methyl sites for hydroxylation is 1. The molecule has 160 valence electrons. The molecule has 1 aliphatic rings. The fraction of sp³-hybridized carbons (Fsp3) is 0.290. The van der Waals surface area contributed by atoms with E-state index in [-0.39, 0.29) is 0 Å². The van der Waals surface area contributed by atoms with Crippen molar-refractivity contribution in [1.82, 2.24) is 0 Å². The van der Waals surface area contributed by atoms with Gasteiger partial charge in [-0.15, -0.1) is 0 Å². The van der Waals surface area contributed by atoms with E-state index in [1.807, 2.05) is 19.9 Å². The molecule has 0 bridgehead atoms. The molecule has 4 rings (SSSR count). The zero-order valence-corrected chi connectivity index (χ0v) is 19.8. The summed E-state index contributed by atoms with van der Waals surface area (Å²) in [7, 11) is 0. The van der Waals surface area contributed by atoms with Crippen LogP contribution in [0, 0.1) is 13.8 Å². The molecule has 0 nitrogen and oxygen atoms in total. The molecule has 3 aromatic carbocycles. The van der Waals surface area contributed by atoms with Gasteiger partial charge in [-0.05, 0) is 77.1 Å². The molecule has 1 saturated carbocycles. The fourth-order valence-electron chi connectivity index (χ4n) is 4.61. The third-order valence-electron chi connectivity index (χ3n) is 6.21. The summed E-state index contributed by atoms with van der Waals surface area (Å²) in [5.41, 5.74) is 10.9. The lowest BCUT2D eigenvalue weighted by molar-refractivity contribution is 0.939. The monoisotopic (exact) mass is 408 g/mol. The first-order chi connectivity index (χ1) is 15.1. The lowest BCUT2D eigenvalue weighted by atomic mass is 9.84. The second-order valence-electron chi connectivity index (χ2n) is 8.31. The Morgan fingerprint density at radius 1 is 0.871 bits per heavy atom. The van der Waals surface area contributed by atoms with Crippen molar-refractivity contribution < 1.29 is 0 Å². The van der Waals surface area contributed by atoms with E-state index in [4.69, 9.17) is 0 Å². The molecule has 0 aliphatic heterocycles. The first-order valence-corrected chi connectivity index (χ1v) is 11.7. The highest BCUT2D eigenvalue weighted by Gasteiger charge is 2.27. The molecule has 0 saturated heterocycles. The van der Waals surface area contributed by atoms with Gasteiger partial charge in [-0.2, -0.15) is 0 Å². The molecule has 0 heterocycles. The summed E-state index contributed by atoms with van der Waals surface area (Å²) in [6, 6.07) is 24.1. The molecule has 0 N–H and O–H groups in total. The molecule has 0 aromatic heterocycles. The van der Waals surface area contributed by atoms with Crippen LogP contribution in [0.3, 0.4) is 0 Å². The van der Waals surface area contributed by atoms with Gasteiger partial charge in [-0.1, -0.05) is 106 Å². The van der Waals surface area contributed by atoms with Crippen LogP contribution in [-0.4, -0.2) is 0 Å². The minimum atomic E-state index is 0.316. The molecular formula is C31H36. The van der Waals surface area contributed by atoms with Crippen molar-refractivity contribution in [3.8, 4) is 11.1 Å². The van der Waals surface area contributed by atoms with Crippen molar-refractivity contribution >= 4 is 5.57 Å². The number of allylic oxidation sites excluding steroid dienone is 3. The SMILES string of the molecule is C=C/C(=C\C(C)c1c(C)ccc(-c2ccccc2C2CC2)c1C)c1ccccc1.CC. The van der Waals surface area contributed by atoms with Gasteiger partial charge in [-0.25, -0.2) is 0 Å². The number of rotatable bonds is 6. The smallest absolute Gasteiger partial charge is 0.000423 e. The van der Waals surface area contributed by atoms with Crippen molar-refractivity contribution in [2.45, 2.75) is 59.3 Å². The number of benzene rings is 3. The Morgan fingerprint density at radius 3 is 2.16 bits per heavy atom. The van der Waals surface area contributed by atoms with Crippen LogP contribution in [0.4, 0.5) is 0 Å². The molecule has 1 fully saturated rings. The van der Waals surface area contributed by atoms with Crippen LogP contribution in [-0.2, 0) is 0 Å². The largest absolute Gasteiger partial charge is 0.0985 e. The van der Waals surface area contributed by atoms with Crippen molar-refractivity contribution in [1.29, 1.82) is 0 Å². The topological polar surface area (TPSA) is 0 Å². The Labute approximate surface area is 189 Å². The van der Waals surface area contributed by atoms with Crippen LogP contribution in [0.15, 0.2) is 85.5 Å². The summed E-state index contributed by atoms with van der Waals surface area (Å²) in [5.74, 6) is 1.06. The van der Waals surface area contributed by atoms with Gasteiger partial charge in [0.2, 0.25) is 0 Å². The van der Waals surface area contributed by atoms with Gasteiger partial charge in [0.25, 0.3) is 0 Å². The zero-order valence-electron chi connectivity index (χ0n) is 19.8. The van der Waals surface area contributed by atoms with Crippen LogP contribution in [0.1, 0.15) is 73.3 Å². The predicted octanol–water partition coefficient (Wildman–Crippen LogP) is 9.25. The van der Waals surface area contributed by atoms with Crippen LogP contribution < -0.4 is 0 Å². The molecule has 1 aliphatic carbocycles. The summed E-state index contributed by atoms with van der Waals surface area (Å²) in [6.07, 6.45) is 6.98. The van der Waals surface area contributed by atoms with Gasteiger partial charge < -0.3 is 0 Å². The highest BCUT2D eigenvalue weighted by Crippen LogP contribution is 2.45. The Balaban J connectivity index is 0.00000132. The normalized spacial score (nSPS) is 14.4. The van der Waals surface area contributed by atoms with Crippen LogP contribution >= 0.6 is 0 Å². The Hall–Kier alpha value is -2.86. The molecule has 1 unspecified atom stereocenters. The molecule has 3 aromatic rings. The Bertz CT molecular complexity index is 1050. The van der Waals surface area contributed by atoms with Crippen molar-refractivity contribution in [3.63, 3.8) is 0 Å². The van der Waals surface area contributed by atoms with Crippen molar-refractivity contribution in [3.05, 3.63) is 113 Å². The molecule has 0 amide bonds. The van der Waals surface area contributed by atoms with E-state index in [1.54, 1.807) is 0 Å². The summed E-state index contributed by atoms with van der Waals surface area (Å²) in [5, 5.41) is 0. The first kappa shape index (κ1) is 22.8. The van der Waals surface area contributed by atoms with Crippen molar-refractivity contribution in [2.75, 3.05) is 0 Å². The van der Waals surface area contributed by atoms with E-state index in [0.717, 1.165) is 5.92 Å². The molecule has 31 heavy (non-hydrogen) atoms. The molecule has 0 heteroatoms. The highest BCUT2D eigenvalue weighted by atomic mass is 14.3. The lowest BCUT2D eigenvalue weighted by Crippen LogP contribution is -2.01. The Kier molecular flexibility index (Phi) is 7.69. The lowest BCUT2D eigenvalue weighted by Gasteiger charge is -2.20.